The van der Waals surface area contributed by atoms with Gasteiger partial charge in [-0.15, -0.1) is 0 Å². The van der Waals surface area contributed by atoms with E-state index in [1.54, 1.807) is 6.07 Å². The van der Waals surface area contributed by atoms with Gasteiger partial charge < -0.3 is 10.6 Å². The maximum absolute atomic E-state index is 11.3. The van der Waals surface area contributed by atoms with Crippen LogP contribution in [0.2, 0.25) is 0 Å². The SMILES string of the molecule is NC(=NCc1cccc(S(N)(=O)=O)c1)N1CCCCCC1. The number of rotatable bonds is 3. The van der Waals surface area contributed by atoms with Crippen molar-refractivity contribution in [3.05, 3.63) is 29.8 Å². The van der Waals surface area contributed by atoms with Crippen molar-refractivity contribution in [3.63, 3.8) is 0 Å². The number of guanidine groups is 1. The predicted octanol–water partition coefficient (Wildman–Crippen LogP) is 1.02. The molecule has 0 bridgehead atoms. The quantitative estimate of drug-likeness (QED) is 0.643. The van der Waals surface area contributed by atoms with Crippen molar-refractivity contribution in [2.45, 2.75) is 37.1 Å². The minimum absolute atomic E-state index is 0.101. The zero-order valence-electron chi connectivity index (χ0n) is 12.0. The van der Waals surface area contributed by atoms with Gasteiger partial charge in [0.15, 0.2) is 5.96 Å². The van der Waals surface area contributed by atoms with E-state index in [1.807, 2.05) is 6.07 Å². The summed E-state index contributed by atoms with van der Waals surface area (Å²) in [6.45, 7) is 2.23. The number of nitrogens with zero attached hydrogens (tertiary/aromatic N) is 2. The van der Waals surface area contributed by atoms with Gasteiger partial charge in [0.1, 0.15) is 0 Å². The Hall–Kier alpha value is -1.60. The molecule has 0 aliphatic carbocycles. The molecule has 116 valence electrons. The summed E-state index contributed by atoms with van der Waals surface area (Å²) < 4.78 is 22.6. The topological polar surface area (TPSA) is 102 Å². The van der Waals surface area contributed by atoms with Crippen molar-refractivity contribution in [3.8, 4) is 0 Å². The van der Waals surface area contributed by atoms with Crippen molar-refractivity contribution >= 4 is 16.0 Å². The summed E-state index contributed by atoms with van der Waals surface area (Å²) in [4.78, 5) is 6.56. The first kappa shape index (κ1) is 15.8. The Morgan fingerprint density at radius 3 is 2.48 bits per heavy atom. The molecule has 1 aromatic carbocycles. The highest BCUT2D eigenvalue weighted by atomic mass is 32.2. The monoisotopic (exact) mass is 310 g/mol. The van der Waals surface area contributed by atoms with Gasteiger partial charge in [-0.3, -0.25) is 0 Å². The molecule has 0 aromatic heterocycles. The average molecular weight is 310 g/mol. The molecule has 0 spiro atoms. The van der Waals surface area contributed by atoms with Crippen LogP contribution in [-0.4, -0.2) is 32.4 Å². The standard InChI is InChI=1S/C14H22N4O2S/c15-14(18-8-3-1-2-4-9-18)17-11-12-6-5-7-13(10-12)21(16,19)20/h5-7,10H,1-4,8-9,11H2,(H2,15,17)(H2,16,19,20). The number of nitrogens with two attached hydrogens (primary N) is 2. The third kappa shape index (κ3) is 4.71. The summed E-state index contributed by atoms with van der Waals surface area (Å²) in [5, 5.41) is 5.12. The first-order valence-corrected chi connectivity index (χ1v) is 8.68. The molecule has 21 heavy (non-hydrogen) atoms. The predicted molar refractivity (Wildman–Crippen MR) is 83.2 cm³/mol. The van der Waals surface area contributed by atoms with Crippen molar-refractivity contribution < 1.29 is 8.42 Å². The number of likely N-dealkylation sites (tertiary alicyclic amines) is 1. The third-order valence-corrected chi connectivity index (χ3v) is 4.49. The number of benzene rings is 1. The Morgan fingerprint density at radius 2 is 1.86 bits per heavy atom. The molecular weight excluding hydrogens is 288 g/mol. The summed E-state index contributed by atoms with van der Waals surface area (Å²) in [7, 11) is -3.68. The van der Waals surface area contributed by atoms with Crippen LogP contribution < -0.4 is 10.9 Å². The second-order valence-corrected chi connectivity index (χ2v) is 6.83. The molecule has 2 rings (SSSR count). The molecule has 1 heterocycles. The second-order valence-electron chi connectivity index (χ2n) is 5.27. The van der Waals surface area contributed by atoms with E-state index in [0.29, 0.717) is 12.5 Å². The van der Waals surface area contributed by atoms with Gasteiger partial charge in [0.05, 0.1) is 11.4 Å². The summed E-state index contributed by atoms with van der Waals surface area (Å²) in [6.07, 6.45) is 4.74. The van der Waals surface area contributed by atoms with Gasteiger partial charge in [-0.1, -0.05) is 25.0 Å². The molecule has 7 heteroatoms. The van der Waals surface area contributed by atoms with Gasteiger partial charge in [-0.2, -0.15) is 0 Å². The summed E-state index contributed by atoms with van der Waals surface area (Å²) in [5.74, 6) is 0.526. The summed E-state index contributed by atoms with van der Waals surface area (Å²) >= 11 is 0. The number of aliphatic imine (C=N–C) groups is 1. The lowest BCUT2D eigenvalue weighted by Crippen LogP contribution is -2.38. The largest absolute Gasteiger partial charge is 0.370 e. The highest BCUT2D eigenvalue weighted by Gasteiger charge is 2.11. The van der Waals surface area contributed by atoms with Gasteiger partial charge in [0, 0.05) is 13.1 Å². The molecule has 1 saturated heterocycles. The molecule has 0 amide bonds. The first-order valence-electron chi connectivity index (χ1n) is 7.13. The van der Waals surface area contributed by atoms with E-state index in [2.05, 4.69) is 9.89 Å². The third-order valence-electron chi connectivity index (χ3n) is 3.58. The summed E-state index contributed by atoms with van der Waals surface area (Å²) in [5.41, 5.74) is 6.80. The van der Waals surface area contributed by atoms with Crippen molar-refractivity contribution in [1.29, 1.82) is 0 Å². The molecule has 1 aromatic rings. The van der Waals surface area contributed by atoms with Gasteiger partial charge in [-0.25, -0.2) is 18.5 Å². The van der Waals surface area contributed by atoms with Gasteiger partial charge in [-0.05, 0) is 30.5 Å². The molecular formula is C14H22N4O2S. The zero-order valence-corrected chi connectivity index (χ0v) is 12.8. The van der Waals surface area contributed by atoms with Crippen molar-refractivity contribution in [2.24, 2.45) is 15.9 Å². The Kier molecular flexibility index (Phi) is 5.19. The van der Waals surface area contributed by atoms with Crippen LogP contribution in [0, 0.1) is 0 Å². The number of hydrogen-bond acceptors (Lipinski definition) is 3. The molecule has 6 nitrogen and oxygen atoms in total. The van der Waals surface area contributed by atoms with E-state index in [0.717, 1.165) is 31.5 Å². The molecule has 0 atom stereocenters. The molecule has 4 N–H and O–H groups in total. The normalized spacial score (nSPS) is 17.6. The van der Waals surface area contributed by atoms with E-state index >= 15 is 0 Å². The molecule has 0 radical (unpaired) electrons. The van der Waals surface area contributed by atoms with E-state index in [1.165, 1.54) is 25.0 Å². The highest BCUT2D eigenvalue weighted by molar-refractivity contribution is 7.89. The van der Waals surface area contributed by atoms with Gasteiger partial charge in [0.2, 0.25) is 10.0 Å². The molecule has 1 fully saturated rings. The maximum Gasteiger partial charge on any atom is 0.238 e. The smallest absolute Gasteiger partial charge is 0.238 e. The first-order chi connectivity index (χ1) is 9.97. The maximum atomic E-state index is 11.3. The zero-order chi connectivity index (χ0) is 15.3. The Morgan fingerprint density at radius 1 is 1.19 bits per heavy atom. The Labute approximate surface area is 125 Å². The van der Waals surface area contributed by atoms with Gasteiger partial charge in [0.25, 0.3) is 0 Å². The molecule has 1 aliphatic heterocycles. The number of hydrogen-bond donors (Lipinski definition) is 2. The van der Waals surface area contributed by atoms with Crippen LogP contribution in [0.1, 0.15) is 31.2 Å². The molecule has 1 aliphatic rings. The fraction of sp³-hybridized carbons (Fsp3) is 0.500. The number of primary sulfonamides is 1. The molecule has 0 unspecified atom stereocenters. The van der Waals surface area contributed by atoms with E-state index in [9.17, 15) is 8.42 Å². The fourth-order valence-electron chi connectivity index (χ4n) is 2.39. The Bertz CT molecular complexity index is 605. The van der Waals surface area contributed by atoms with Gasteiger partial charge >= 0.3 is 0 Å². The fourth-order valence-corrected chi connectivity index (χ4v) is 2.98. The second kappa shape index (κ2) is 6.91. The lowest BCUT2D eigenvalue weighted by molar-refractivity contribution is 0.428. The van der Waals surface area contributed by atoms with E-state index in [4.69, 9.17) is 10.9 Å². The summed E-state index contributed by atoms with van der Waals surface area (Å²) in [6, 6.07) is 6.48. The lowest BCUT2D eigenvalue weighted by Gasteiger charge is -2.21. The van der Waals surface area contributed by atoms with E-state index < -0.39 is 10.0 Å². The minimum Gasteiger partial charge on any atom is -0.370 e. The van der Waals surface area contributed by atoms with Crippen molar-refractivity contribution in [1.82, 2.24) is 4.90 Å². The van der Waals surface area contributed by atoms with Crippen LogP contribution in [0.3, 0.4) is 0 Å². The number of sulfonamides is 1. The highest BCUT2D eigenvalue weighted by Crippen LogP contribution is 2.12. The minimum atomic E-state index is -3.68. The Balaban J connectivity index is 2.05. The van der Waals surface area contributed by atoms with Crippen molar-refractivity contribution in [2.75, 3.05) is 13.1 Å². The van der Waals surface area contributed by atoms with Crippen LogP contribution in [0.5, 0.6) is 0 Å². The van der Waals surface area contributed by atoms with E-state index in [-0.39, 0.29) is 4.90 Å². The lowest BCUT2D eigenvalue weighted by atomic mass is 10.2. The average Bonchev–Trinajstić information content (AvgIpc) is 2.73. The van der Waals surface area contributed by atoms with Crippen LogP contribution in [0.15, 0.2) is 34.2 Å². The van der Waals surface area contributed by atoms with Crippen LogP contribution in [0.4, 0.5) is 0 Å². The van der Waals surface area contributed by atoms with Crippen LogP contribution >= 0.6 is 0 Å². The van der Waals surface area contributed by atoms with Crippen LogP contribution in [0.25, 0.3) is 0 Å². The molecule has 0 saturated carbocycles. The van der Waals surface area contributed by atoms with Crippen LogP contribution in [-0.2, 0) is 16.6 Å².